The average molecular weight is 332 g/mol. The number of carboxylic acid groups (broad SMARTS) is 1. The normalized spacial score (nSPS) is 26.0. The molecule has 2 saturated heterocycles. The molecular weight excluding hydrogens is 318 g/mol. The van der Waals surface area contributed by atoms with Gasteiger partial charge in [-0.15, -0.1) is 0 Å². The van der Waals surface area contributed by atoms with E-state index in [0.29, 0.717) is 13.1 Å². The summed E-state index contributed by atoms with van der Waals surface area (Å²) in [5.41, 5.74) is -0.214. The highest BCUT2D eigenvalue weighted by Gasteiger charge is 2.39. The third kappa shape index (κ3) is 2.66. The van der Waals surface area contributed by atoms with Gasteiger partial charge in [0.15, 0.2) is 0 Å². The van der Waals surface area contributed by atoms with Gasteiger partial charge in [-0.25, -0.2) is 13.2 Å². The van der Waals surface area contributed by atoms with Crippen molar-refractivity contribution in [2.45, 2.75) is 29.9 Å². The number of fused-ring (bicyclic) bond motifs is 2. The van der Waals surface area contributed by atoms with E-state index in [4.69, 9.17) is 21.4 Å². The Bertz CT molecular complexity index is 678. The predicted molar refractivity (Wildman–Crippen MR) is 75.1 cm³/mol. The third-order valence-corrected chi connectivity index (χ3v) is 5.97. The van der Waals surface area contributed by atoms with Crippen LogP contribution in [0, 0.1) is 0 Å². The summed E-state index contributed by atoms with van der Waals surface area (Å²) in [5.74, 6) is -1.25. The number of halogens is 1. The zero-order valence-electron chi connectivity index (χ0n) is 11.0. The van der Waals surface area contributed by atoms with Gasteiger partial charge in [-0.05, 0) is 31.0 Å². The van der Waals surface area contributed by atoms with Crippen LogP contribution in [0.2, 0.25) is 5.02 Å². The molecular formula is C13H14ClNO5S. The molecule has 0 amide bonds. The summed E-state index contributed by atoms with van der Waals surface area (Å²) in [5, 5.41) is 9.06. The van der Waals surface area contributed by atoms with Gasteiger partial charge in [-0.3, -0.25) is 0 Å². The van der Waals surface area contributed by atoms with Gasteiger partial charge in [0.25, 0.3) is 0 Å². The molecule has 0 aromatic heterocycles. The maximum Gasteiger partial charge on any atom is 0.337 e. The Hall–Kier alpha value is -1.15. The quantitative estimate of drug-likeness (QED) is 0.909. The predicted octanol–water partition coefficient (Wildman–Crippen LogP) is 1.59. The van der Waals surface area contributed by atoms with Crippen molar-refractivity contribution >= 4 is 27.6 Å². The van der Waals surface area contributed by atoms with Gasteiger partial charge < -0.3 is 9.84 Å². The van der Waals surface area contributed by atoms with E-state index in [1.807, 2.05) is 0 Å². The molecule has 2 aliphatic rings. The second kappa shape index (κ2) is 5.24. The molecule has 2 heterocycles. The number of nitrogens with zero attached hydrogens (tertiary/aromatic N) is 1. The number of sulfonamides is 1. The molecule has 1 aromatic rings. The Morgan fingerprint density at radius 2 is 1.90 bits per heavy atom. The molecule has 114 valence electrons. The van der Waals surface area contributed by atoms with Crippen LogP contribution in [0.4, 0.5) is 0 Å². The molecule has 0 radical (unpaired) electrons. The second-order valence-corrected chi connectivity index (χ2v) is 7.57. The molecule has 2 unspecified atom stereocenters. The summed E-state index contributed by atoms with van der Waals surface area (Å²) < 4.78 is 32.2. The molecule has 0 aliphatic carbocycles. The van der Waals surface area contributed by atoms with E-state index in [-0.39, 0.29) is 27.7 Å². The zero-order chi connectivity index (χ0) is 15.2. The average Bonchev–Trinajstić information content (AvgIpc) is 2.77. The van der Waals surface area contributed by atoms with Crippen LogP contribution in [0.15, 0.2) is 23.1 Å². The minimum atomic E-state index is -3.73. The van der Waals surface area contributed by atoms with Gasteiger partial charge in [0.1, 0.15) is 0 Å². The minimum Gasteiger partial charge on any atom is -0.478 e. The van der Waals surface area contributed by atoms with E-state index >= 15 is 0 Å². The molecule has 2 aliphatic heterocycles. The number of aromatic carboxylic acids is 1. The van der Waals surface area contributed by atoms with Gasteiger partial charge in [0.2, 0.25) is 10.0 Å². The summed E-state index contributed by atoms with van der Waals surface area (Å²) in [7, 11) is -3.73. The van der Waals surface area contributed by atoms with Crippen LogP contribution in [-0.4, -0.2) is 49.1 Å². The molecule has 0 saturated carbocycles. The number of ether oxygens (including phenoxy) is 1. The lowest BCUT2D eigenvalue weighted by Gasteiger charge is -2.31. The number of carbonyl (C=O) groups is 1. The fraction of sp³-hybridized carbons (Fsp3) is 0.462. The highest BCUT2D eigenvalue weighted by Crippen LogP contribution is 2.30. The molecule has 2 atom stereocenters. The van der Waals surface area contributed by atoms with Gasteiger partial charge in [0.05, 0.1) is 27.7 Å². The van der Waals surface area contributed by atoms with Crippen molar-refractivity contribution in [3.05, 3.63) is 28.8 Å². The largest absolute Gasteiger partial charge is 0.478 e. The summed E-state index contributed by atoms with van der Waals surface area (Å²) in [6, 6.07) is 3.74. The smallest absolute Gasteiger partial charge is 0.337 e. The van der Waals surface area contributed by atoms with Crippen LogP contribution in [0.3, 0.4) is 0 Å². The van der Waals surface area contributed by atoms with Crippen molar-refractivity contribution in [2.75, 3.05) is 13.1 Å². The highest BCUT2D eigenvalue weighted by molar-refractivity contribution is 7.89. The van der Waals surface area contributed by atoms with Gasteiger partial charge in [0, 0.05) is 13.1 Å². The Morgan fingerprint density at radius 3 is 2.48 bits per heavy atom. The number of carboxylic acids is 1. The molecule has 2 bridgehead atoms. The van der Waals surface area contributed by atoms with Crippen molar-refractivity contribution in [2.24, 2.45) is 0 Å². The lowest BCUT2D eigenvalue weighted by atomic mass is 10.2. The van der Waals surface area contributed by atoms with Crippen molar-refractivity contribution in [1.82, 2.24) is 4.31 Å². The maximum absolute atomic E-state index is 12.6. The summed E-state index contributed by atoms with van der Waals surface area (Å²) in [6.45, 7) is 0.619. The highest BCUT2D eigenvalue weighted by atomic mass is 35.5. The number of rotatable bonds is 3. The number of hydrogen-bond donors (Lipinski definition) is 1. The molecule has 2 fully saturated rings. The van der Waals surface area contributed by atoms with E-state index in [1.54, 1.807) is 0 Å². The number of hydrogen-bond acceptors (Lipinski definition) is 4. The van der Waals surface area contributed by atoms with E-state index in [0.717, 1.165) is 18.9 Å². The van der Waals surface area contributed by atoms with Crippen LogP contribution in [-0.2, 0) is 14.8 Å². The third-order valence-electron chi connectivity index (χ3n) is 3.82. The van der Waals surface area contributed by atoms with E-state index < -0.39 is 16.0 Å². The first-order valence-electron chi connectivity index (χ1n) is 6.56. The lowest BCUT2D eigenvalue weighted by molar-refractivity contribution is -0.0114. The molecule has 1 N–H and O–H groups in total. The zero-order valence-corrected chi connectivity index (χ0v) is 12.6. The molecule has 6 nitrogen and oxygen atoms in total. The Labute approximate surface area is 127 Å². The molecule has 21 heavy (non-hydrogen) atoms. The Balaban J connectivity index is 1.95. The molecule has 3 rings (SSSR count). The summed E-state index contributed by atoms with van der Waals surface area (Å²) >= 11 is 5.77. The number of morpholine rings is 1. The first-order valence-corrected chi connectivity index (χ1v) is 8.38. The SMILES string of the molecule is O=C(O)c1cc(S(=O)(=O)N2CC3CCC(C2)O3)ccc1Cl. The summed E-state index contributed by atoms with van der Waals surface area (Å²) in [6.07, 6.45) is 1.59. The standard InChI is InChI=1S/C13H14ClNO5S/c14-12-4-3-10(5-11(12)13(16)17)21(18,19)15-6-8-1-2-9(7-15)20-8/h3-5,8-9H,1-2,6-7H2,(H,16,17). The topological polar surface area (TPSA) is 83.9 Å². The number of benzene rings is 1. The van der Waals surface area contributed by atoms with Crippen molar-refractivity contribution in [3.63, 3.8) is 0 Å². The van der Waals surface area contributed by atoms with E-state index in [1.165, 1.54) is 16.4 Å². The fourth-order valence-electron chi connectivity index (χ4n) is 2.75. The van der Waals surface area contributed by atoms with Gasteiger partial charge in [-0.2, -0.15) is 4.31 Å². The van der Waals surface area contributed by atoms with Crippen LogP contribution in [0.1, 0.15) is 23.2 Å². The Kier molecular flexibility index (Phi) is 3.69. The van der Waals surface area contributed by atoms with E-state index in [2.05, 4.69) is 0 Å². The summed E-state index contributed by atoms with van der Waals surface area (Å²) in [4.78, 5) is 11.0. The van der Waals surface area contributed by atoms with Crippen LogP contribution < -0.4 is 0 Å². The van der Waals surface area contributed by atoms with Crippen molar-refractivity contribution < 1.29 is 23.1 Å². The van der Waals surface area contributed by atoms with Crippen LogP contribution in [0.25, 0.3) is 0 Å². The molecule has 8 heteroatoms. The molecule has 1 aromatic carbocycles. The van der Waals surface area contributed by atoms with Crippen molar-refractivity contribution in [3.8, 4) is 0 Å². The first kappa shape index (κ1) is 14.8. The first-order chi connectivity index (χ1) is 9.88. The van der Waals surface area contributed by atoms with Crippen molar-refractivity contribution in [1.29, 1.82) is 0 Å². The minimum absolute atomic E-state index is 0.0171. The van der Waals surface area contributed by atoms with Crippen LogP contribution >= 0.6 is 11.6 Å². The second-order valence-electron chi connectivity index (χ2n) is 5.23. The monoisotopic (exact) mass is 331 g/mol. The van der Waals surface area contributed by atoms with Gasteiger partial charge >= 0.3 is 5.97 Å². The lowest BCUT2D eigenvalue weighted by Crippen LogP contribution is -2.45. The van der Waals surface area contributed by atoms with Crippen LogP contribution in [0.5, 0.6) is 0 Å². The van der Waals surface area contributed by atoms with E-state index in [9.17, 15) is 13.2 Å². The molecule has 0 spiro atoms. The van der Waals surface area contributed by atoms with Gasteiger partial charge in [-0.1, -0.05) is 11.6 Å². The maximum atomic E-state index is 12.6. The fourth-order valence-corrected chi connectivity index (χ4v) is 4.48. The Morgan fingerprint density at radius 1 is 1.29 bits per heavy atom.